The molecule has 3 amide bonds. The summed E-state index contributed by atoms with van der Waals surface area (Å²) in [5, 5.41) is 8.82. The van der Waals surface area contributed by atoms with Gasteiger partial charge in [0.15, 0.2) is 0 Å². The normalized spacial score (nSPS) is 21.9. The van der Waals surface area contributed by atoms with Crippen LogP contribution in [0.2, 0.25) is 0 Å². The van der Waals surface area contributed by atoms with E-state index in [2.05, 4.69) is 20.9 Å². The lowest BCUT2D eigenvalue weighted by atomic mass is 10.0. The minimum absolute atomic E-state index is 0.0159. The number of hydrogen-bond acceptors (Lipinski definition) is 5. The summed E-state index contributed by atoms with van der Waals surface area (Å²) in [5.41, 5.74) is 1.36. The van der Waals surface area contributed by atoms with Crippen molar-refractivity contribution in [3.05, 3.63) is 65.5 Å². The third-order valence-electron chi connectivity index (χ3n) is 6.42. The molecule has 2 fully saturated rings. The third kappa shape index (κ3) is 5.72. The number of benzene rings is 2. The van der Waals surface area contributed by atoms with Gasteiger partial charge in [0.05, 0.1) is 13.2 Å². The Bertz CT molecular complexity index is 1030. The second-order valence-corrected chi connectivity index (χ2v) is 8.69. The van der Waals surface area contributed by atoms with Crippen LogP contribution in [0.5, 0.6) is 5.75 Å². The van der Waals surface area contributed by atoms with Crippen molar-refractivity contribution in [2.24, 2.45) is 0 Å². The van der Waals surface area contributed by atoms with E-state index in [0.29, 0.717) is 50.2 Å². The maximum atomic E-state index is 13.0. The highest BCUT2D eigenvalue weighted by atomic mass is 19.1. The van der Waals surface area contributed by atoms with E-state index in [1.54, 1.807) is 43.5 Å². The number of ether oxygens (including phenoxy) is 1. The number of fused-ring (bicyclic) bond motifs is 1. The van der Waals surface area contributed by atoms with E-state index in [-0.39, 0.29) is 41.7 Å². The number of hydrogen-bond donors (Lipinski definition) is 3. The predicted molar refractivity (Wildman–Crippen MR) is 124 cm³/mol. The molecule has 3 N–H and O–H groups in total. The van der Waals surface area contributed by atoms with Crippen molar-refractivity contribution < 1.29 is 23.5 Å². The van der Waals surface area contributed by atoms with Gasteiger partial charge in [-0.2, -0.15) is 0 Å². The number of nitrogens with one attached hydrogen (secondary N) is 3. The summed E-state index contributed by atoms with van der Waals surface area (Å²) in [6, 6.07) is 12.4. The highest BCUT2D eigenvalue weighted by Gasteiger charge is 2.43. The van der Waals surface area contributed by atoms with Crippen LogP contribution in [0.25, 0.3) is 0 Å². The topological polar surface area (TPSA) is 99.8 Å². The zero-order valence-corrected chi connectivity index (χ0v) is 19.1. The van der Waals surface area contributed by atoms with Gasteiger partial charge in [0.1, 0.15) is 11.6 Å². The molecule has 2 aromatic rings. The van der Waals surface area contributed by atoms with Crippen LogP contribution in [-0.4, -0.2) is 60.9 Å². The number of carbonyl (C=O) groups excluding carboxylic acids is 3. The van der Waals surface area contributed by atoms with Crippen LogP contribution in [0.15, 0.2) is 48.5 Å². The molecule has 2 aromatic carbocycles. The van der Waals surface area contributed by atoms with Crippen molar-refractivity contribution in [1.82, 2.24) is 20.9 Å². The van der Waals surface area contributed by atoms with Gasteiger partial charge in [0.2, 0.25) is 11.8 Å². The molecule has 9 heteroatoms. The first-order valence-corrected chi connectivity index (χ1v) is 11.4. The van der Waals surface area contributed by atoms with Crippen molar-refractivity contribution in [3.63, 3.8) is 0 Å². The Labute approximate surface area is 197 Å². The average Bonchev–Trinajstić information content (AvgIpc) is 3.28. The van der Waals surface area contributed by atoms with E-state index in [1.165, 1.54) is 12.1 Å². The summed E-state index contributed by atoms with van der Waals surface area (Å²) in [4.78, 5) is 39.5. The molecule has 0 saturated carbocycles. The van der Waals surface area contributed by atoms with Crippen LogP contribution < -0.4 is 20.7 Å². The van der Waals surface area contributed by atoms with Gasteiger partial charge in [-0.05, 0) is 54.8 Å². The van der Waals surface area contributed by atoms with Gasteiger partial charge >= 0.3 is 0 Å². The number of nitrogens with zero attached hydrogens (tertiary/aromatic N) is 1. The second-order valence-electron chi connectivity index (χ2n) is 8.69. The number of piperazine rings is 1. The first-order valence-electron chi connectivity index (χ1n) is 11.4. The second kappa shape index (κ2) is 10.6. The van der Waals surface area contributed by atoms with Gasteiger partial charge in [-0.3, -0.25) is 19.3 Å². The van der Waals surface area contributed by atoms with Crippen LogP contribution in [0.1, 0.15) is 35.2 Å². The molecule has 0 aromatic heterocycles. The molecule has 180 valence electrons. The number of methoxy groups -OCH3 is 1. The lowest BCUT2D eigenvalue weighted by Gasteiger charge is -2.37. The van der Waals surface area contributed by atoms with Gasteiger partial charge in [0.25, 0.3) is 5.91 Å². The van der Waals surface area contributed by atoms with E-state index in [9.17, 15) is 18.8 Å². The third-order valence-corrected chi connectivity index (χ3v) is 6.42. The van der Waals surface area contributed by atoms with Crippen molar-refractivity contribution in [1.29, 1.82) is 0 Å². The SMILES string of the molecule is COc1ccc(C(=O)N[C@@H]2C[C@H]3C(=O)NC[C@@H](CCC(=O)NCc4ccc(F)cc4)N3C2)cc1. The van der Waals surface area contributed by atoms with Crippen molar-refractivity contribution in [2.45, 2.75) is 43.9 Å². The molecule has 4 rings (SSSR count). The molecule has 0 aliphatic carbocycles. The molecule has 2 aliphatic rings. The summed E-state index contributed by atoms with van der Waals surface area (Å²) >= 11 is 0. The summed E-state index contributed by atoms with van der Waals surface area (Å²) < 4.78 is 18.1. The molecule has 0 unspecified atom stereocenters. The monoisotopic (exact) mass is 468 g/mol. The quantitative estimate of drug-likeness (QED) is 0.547. The molecule has 34 heavy (non-hydrogen) atoms. The minimum atomic E-state index is -0.317. The molecular formula is C25H29FN4O4. The van der Waals surface area contributed by atoms with E-state index in [0.717, 1.165) is 5.56 Å². The molecule has 2 heterocycles. The molecule has 0 spiro atoms. The van der Waals surface area contributed by atoms with Crippen LogP contribution in [0, 0.1) is 5.82 Å². The standard InChI is InChI=1S/C25H29FN4O4/c1-34-21-9-4-17(5-10-21)24(32)29-19-12-22-25(33)28-14-20(30(22)15-19)8-11-23(31)27-13-16-2-6-18(26)7-3-16/h2-7,9-10,19-20,22H,8,11-15H2,1H3,(H,27,31)(H,28,33)(H,29,32)/t19-,20-,22+/m1/s1. The van der Waals surface area contributed by atoms with Crippen molar-refractivity contribution >= 4 is 17.7 Å². The van der Waals surface area contributed by atoms with E-state index >= 15 is 0 Å². The lowest BCUT2D eigenvalue weighted by Crippen LogP contribution is -2.58. The molecule has 0 bridgehead atoms. The van der Waals surface area contributed by atoms with Crippen LogP contribution in [0.3, 0.4) is 0 Å². The largest absolute Gasteiger partial charge is 0.497 e. The molecule has 0 radical (unpaired) electrons. The molecule has 2 saturated heterocycles. The number of carbonyl (C=O) groups is 3. The Balaban J connectivity index is 1.28. The minimum Gasteiger partial charge on any atom is -0.497 e. The molecule has 3 atom stereocenters. The number of amides is 3. The van der Waals surface area contributed by atoms with Crippen LogP contribution >= 0.6 is 0 Å². The molecular weight excluding hydrogens is 439 g/mol. The van der Waals surface area contributed by atoms with Crippen molar-refractivity contribution in [3.8, 4) is 5.75 Å². The average molecular weight is 469 g/mol. The predicted octanol–water partition coefficient (Wildman–Crippen LogP) is 1.60. The van der Waals surface area contributed by atoms with Crippen LogP contribution in [-0.2, 0) is 16.1 Å². The van der Waals surface area contributed by atoms with Gasteiger partial charge in [-0.25, -0.2) is 4.39 Å². The smallest absolute Gasteiger partial charge is 0.251 e. The maximum Gasteiger partial charge on any atom is 0.251 e. The Morgan fingerprint density at radius 3 is 2.59 bits per heavy atom. The number of rotatable bonds is 8. The summed E-state index contributed by atoms with van der Waals surface area (Å²) in [5.74, 6) is 0.0352. The van der Waals surface area contributed by atoms with Gasteiger partial charge in [0, 0.05) is 43.7 Å². The first kappa shape index (κ1) is 23.7. The Kier molecular flexibility index (Phi) is 7.42. The van der Waals surface area contributed by atoms with Gasteiger partial charge < -0.3 is 20.7 Å². The Morgan fingerprint density at radius 1 is 1.15 bits per heavy atom. The summed E-state index contributed by atoms with van der Waals surface area (Å²) in [6.45, 7) is 1.37. The van der Waals surface area contributed by atoms with E-state index in [4.69, 9.17) is 4.74 Å². The molecule has 8 nitrogen and oxygen atoms in total. The van der Waals surface area contributed by atoms with Gasteiger partial charge in [-0.15, -0.1) is 0 Å². The Hall–Kier alpha value is -3.46. The first-order chi connectivity index (χ1) is 16.4. The maximum absolute atomic E-state index is 13.0. The molecule has 2 aliphatic heterocycles. The zero-order valence-electron chi connectivity index (χ0n) is 19.1. The fourth-order valence-corrected chi connectivity index (χ4v) is 4.55. The highest BCUT2D eigenvalue weighted by Crippen LogP contribution is 2.26. The summed E-state index contributed by atoms with van der Waals surface area (Å²) in [7, 11) is 1.57. The van der Waals surface area contributed by atoms with Crippen LogP contribution in [0.4, 0.5) is 4.39 Å². The van der Waals surface area contributed by atoms with E-state index < -0.39 is 0 Å². The van der Waals surface area contributed by atoms with Crippen molar-refractivity contribution in [2.75, 3.05) is 20.2 Å². The number of halogens is 1. The fraction of sp³-hybridized carbons (Fsp3) is 0.400. The Morgan fingerprint density at radius 2 is 1.88 bits per heavy atom. The fourth-order valence-electron chi connectivity index (χ4n) is 4.55. The summed E-state index contributed by atoms with van der Waals surface area (Å²) in [6.07, 6.45) is 1.43. The van der Waals surface area contributed by atoms with Gasteiger partial charge in [-0.1, -0.05) is 12.1 Å². The highest BCUT2D eigenvalue weighted by molar-refractivity contribution is 5.94. The van der Waals surface area contributed by atoms with E-state index in [1.807, 2.05) is 0 Å². The lowest BCUT2D eigenvalue weighted by molar-refractivity contribution is -0.129. The zero-order chi connectivity index (χ0) is 24.1.